The van der Waals surface area contributed by atoms with E-state index in [1.165, 1.54) is 5.56 Å². The summed E-state index contributed by atoms with van der Waals surface area (Å²) in [4.78, 5) is 18.4. The van der Waals surface area contributed by atoms with E-state index in [0.717, 1.165) is 23.2 Å². The standard InChI is InChI=1S/C27H22N2O3/c1-3-18-13-15-19(16-14-18)26(4-2)17-31-27(32-26)21-10-6-8-12-23(21)29-24(30)20-9-5-7-11-22(20)28-25(27)29/h4-16H,2-3,17H2,1H3. The minimum Gasteiger partial charge on any atom is -0.336 e. The molecule has 2 aliphatic rings. The zero-order valence-electron chi connectivity index (χ0n) is 17.7. The summed E-state index contributed by atoms with van der Waals surface area (Å²) in [5.74, 6) is -0.853. The lowest BCUT2D eigenvalue weighted by atomic mass is 9.93. The molecule has 1 spiro atoms. The Hall–Kier alpha value is -3.54. The smallest absolute Gasteiger partial charge is 0.266 e. The fraction of sp³-hybridized carbons (Fsp3) is 0.185. The van der Waals surface area contributed by atoms with Crippen molar-refractivity contribution in [2.45, 2.75) is 24.7 Å². The van der Waals surface area contributed by atoms with Gasteiger partial charge in [0.25, 0.3) is 11.3 Å². The molecule has 0 amide bonds. The van der Waals surface area contributed by atoms with Gasteiger partial charge in [0.2, 0.25) is 0 Å². The highest BCUT2D eigenvalue weighted by atomic mass is 16.8. The number of benzene rings is 3. The average Bonchev–Trinajstić information content (AvgIpc) is 3.38. The third kappa shape index (κ3) is 2.40. The molecule has 2 aliphatic heterocycles. The summed E-state index contributed by atoms with van der Waals surface area (Å²) < 4.78 is 14.9. The van der Waals surface area contributed by atoms with Crippen molar-refractivity contribution in [2.75, 3.05) is 6.61 Å². The van der Waals surface area contributed by atoms with E-state index in [1.54, 1.807) is 16.7 Å². The van der Waals surface area contributed by atoms with E-state index in [0.29, 0.717) is 16.7 Å². The van der Waals surface area contributed by atoms with Crippen molar-refractivity contribution in [3.63, 3.8) is 0 Å². The fourth-order valence-corrected chi connectivity index (χ4v) is 4.79. The number of aryl methyl sites for hydroxylation is 1. The number of hydrogen-bond acceptors (Lipinski definition) is 4. The van der Waals surface area contributed by atoms with Crippen LogP contribution in [-0.4, -0.2) is 16.2 Å². The van der Waals surface area contributed by atoms with E-state index in [1.807, 2.05) is 42.5 Å². The molecule has 0 N–H and O–H groups in total. The monoisotopic (exact) mass is 422 g/mol. The quantitative estimate of drug-likeness (QED) is 0.453. The summed E-state index contributed by atoms with van der Waals surface area (Å²) in [6.07, 6.45) is 2.75. The zero-order chi connectivity index (χ0) is 21.9. The summed E-state index contributed by atoms with van der Waals surface area (Å²) in [7, 11) is 0. The molecule has 5 heteroatoms. The van der Waals surface area contributed by atoms with Gasteiger partial charge in [-0.25, -0.2) is 4.98 Å². The number of rotatable bonds is 3. The van der Waals surface area contributed by atoms with Crippen LogP contribution in [0.5, 0.6) is 0 Å². The molecule has 1 aromatic heterocycles. The fourth-order valence-electron chi connectivity index (χ4n) is 4.79. The minimum atomic E-state index is -1.29. The van der Waals surface area contributed by atoms with Gasteiger partial charge in [0.15, 0.2) is 5.82 Å². The number of fused-ring (bicyclic) bond motifs is 6. The zero-order valence-corrected chi connectivity index (χ0v) is 17.7. The van der Waals surface area contributed by atoms with E-state index < -0.39 is 11.4 Å². The molecule has 1 fully saturated rings. The molecule has 3 heterocycles. The summed E-state index contributed by atoms with van der Waals surface area (Å²) >= 11 is 0. The number of nitrogens with zero attached hydrogens (tertiary/aromatic N) is 2. The lowest BCUT2D eigenvalue weighted by molar-refractivity contribution is -0.159. The summed E-state index contributed by atoms with van der Waals surface area (Å²) in [5.41, 5.74) is 3.33. The van der Waals surface area contributed by atoms with Crippen LogP contribution in [0.1, 0.15) is 29.4 Å². The van der Waals surface area contributed by atoms with Crippen molar-refractivity contribution >= 4 is 10.9 Å². The second-order valence-corrected chi connectivity index (χ2v) is 8.26. The van der Waals surface area contributed by atoms with Gasteiger partial charge in [-0.3, -0.25) is 9.36 Å². The van der Waals surface area contributed by atoms with Crippen molar-refractivity contribution in [3.8, 4) is 5.69 Å². The first kappa shape index (κ1) is 19.2. The van der Waals surface area contributed by atoms with Gasteiger partial charge >= 0.3 is 0 Å². The number of aromatic nitrogens is 2. The summed E-state index contributed by atoms with van der Waals surface area (Å²) in [6.45, 7) is 6.46. The predicted octanol–water partition coefficient (Wildman–Crippen LogP) is 4.59. The Balaban J connectivity index is 1.59. The van der Waals surface area contributed by atoms with E-state index in [-0.39, 0.29) is 12.2 Å². The molecule has 3 aromatic carbocycles. The Bertz CT molecular complexity index is 1440. The molecule has 2 atom stereocenters. The van der Waals surface area contributed by atoms with Crippen LogP contribution < -0.4 is 5.56 Å². The van der Waals surface area contributed by atoms with Crippen LogP contribution in [-0.2, 0) is 27.3 Å². The minimum absolute atomic E-state index is 0.134. The first-order valence-electron chi connectivity index (χ1n) is 10.8. The van der Waals surface area contributed by atoms with Crippen LogP contribution in [0.2, 0.25) is 0 Å². The first-order valence-corrected chi connectivity index (χ1v) is 10.8. The number of ether oxygens (including phenoxy) is 2. The topological polar surface area (TPSA) is 53.4 Å². The molecule has 1 saturated heterocycles. The molecule has 32 heavy (non-hydrogen) atoms. The van der Waals surface area contributed by atoms with Crippen LogP contribution in [0.3, 0.4) is 0 Å². The maximum Gasteiger partial charge on any atom is 0.266 e. The molecule has 6 rings (SSSR count). The summed E-state index contributed by atoms with van der Waals surface area (Å²) in [6, 6.07) is 23.4. The predicted molar refractivity (Wildman–Crippen MR) is 123 cm³/mol. The molecule has 2 unspecified atom stereocenters. The SMILES string of the molecule is C=CC1(c2ccc(CC)cc2)COC2(O1)c1ccccc1-n1c2nc2ccccc2c1=O. The Labute approximate surface area is 185 Å². The second-order valence-electron chi connectivity index (χ2n) is 8.26. The Morgan fingerprint density at radius 3 is 2.59 bits per heavy atom. The van der Waals surface area contributed by atoms with Crippen molar-refractivity contribution in [1.29, 1.82) is 0 Å². The lowest BCUT2D eigenvalue weighted by Gasteiger charge is -2.28. The molecule has 0 saturated carbocycles. The Morgan fingerprint density at radius 1 is 1.06 bits per heavy atom. The maximum absolute atomic E-state index is 13.5. The van der Waals surface area contributed by atoms with Gasteiger partial charge in [-0.15, -0.1) is 0 Å². The van der Waals surface area contributed by atoms with Crippen LogP contribution in [0.4, 0.5) is 0 Å². The molecule has 0 bridgehead atoms. The number of hydrogen-bond donors (Lipinski definition) is 0. The molecule has 4 aromatic rings. The third-order valence-electron chi connectivity index (χ3n) is 6.57. The molecular formula is C27H22N2O3. The van der Waals surface area contributed by atoms with Crippen LogP contribution >= 0.6 is 0 Å². The van der Waals surface area contributed by atoms with Gasteiger partial charge < -0.3 is 9.47 Å². The molecule has 158 valence electrons. The Kier molecular flexibility index (Phi) is 4.03. The normalized spacial score (nSPS) is 23.4. The lowest BCUT2D eigenvalue weighted by Crippen LogP contribution is -2.34. The highest BCUT2D eigenvalue weighted by molar-refractivity contribution is 5.78. The highest BCUT2D eigenvalue weighted by Crippen LogP contribution is 2.52. The van der Waals surface area contributed by atoms with Crippen molar-refractivity contribution < 1.29 is 9.47 Å². The van der Waals surface area contributed by atoms with E-state index >= 15 is 0 Å². The molecule has 0 aliphatic carbocycles. The van der Waals surface area contributed by atoms with Gasteiger partial charge in [-0.05, 0) is 35.7 Å². The van der Waals surface area contributed by atoms with Crippen LogP contribution in [0.25, 0.3) is 16.6 Å². The second kappa shape index (κ2) is 6.73. The third-order valence-corrected chi connectivity index (χ3v) is 6.57. The molecular weight excluding hydrogens is 400 g/mol. The van der Waals surface area contributed by atoms with E-state index in [9.17, 15) is 4.79 Å². The van der Waals surface area contributed by atoms with Crippen molar-refractivity contribution in [3.05, 3.63) is 118 Å². The number of para-hydroxylation sites is 2. The van der Waals surface area contributed by atoms with Gasteiger partial charge in [-0.1, -0.05) is 74.2 Å². The van der Waals surface area contributed by atoms with E-state index in [2.05, 4.69) is 37.8 Å². The molecule has 5 nitrogen and oxygen atoms in total. The Morgan fingerprint density at radius 2 is 1.81 bits per heavy atom. The largest absolute Gasteiger partial charge is 0.336 e. The van der Waals surface area contributed by atoms with Gasteiger partial charge in [-0.2, -0.15) is 0 Å². The van der Waals surface area contributed by atoms with Crippen LogP contribution in [0, 0.1) is 0 Å². The molecule has 0 radical (unpaired) electrons. The van der Waals surface area contributed by atoms with Gasteiger partial charge in [0.05, 0.1) is 23.2 Å². The van der Waals surface area contributed by atoms with Crippen LogP contribution in [0.15, 0.2) is 90.2 Å². The maximum atomic E-state index is 13.5. The first-order chi connectivity index (χ1) is 15.6. The van der Waals surface area contributed by atoms with Gasteiger partial charge in [0, 0.05) is 5.56 Å². The van der Waals surface area contributed by atoms with E-state index in [4.69, 9.17) is 14.5 Å². The highest BCUT2D eigenvalue weighted by Gasteiger charge is 2.58. The van der Waals surface area contributed by atoms with Crippen molar-refractivity contribution in [2.24, 2.45) is 0 Å². The average molecular weight is 422 g/mol. The summed E-state index contributed by atoms with van der Waals surface area (Å²) in [5, 5.41) is 0.561. The van der Waals surface area contributed by atoms with Crippen molar-refractivity contribution in [1.82, 2.24) is 9.55 Å². The van der Waals surface area contributed by atoms with Gasteiger partial charge in [0.1, 0.15) is 5.60 Å².